The Balaban J connectivity index is 2.43. The summed E-state index contributed by atoms with van der Waals surface area (Å²) in [4.78, 5) is 24.9. The van der Waals surface area contributed by atoms with E-state index in [0.29, 0.717) is 5.56 Å². The van der Waals surface area contributed by atoms with Gasteiger partial charge in [0.05, 0.1) is 10.5 Å². The van der Waals surface area contributed by atoms with Gasteiger partial charge in [0.1, 0.15) is 11.9 Å². The summed E-state index contributed by atoms with van der Waals surface area (Å²) in [6.07, 6.45) is 2.43. The second-order valence-electron chi connectivity index (χ2n) is 3.94. The van der Waals surface area contributed by atoms with Gasteiger partial charge in [0.2, 0.25) is 5.75 Å². The van der Waals surface area contributed by atoms with Crippen LogP contribution in [0.3, 0.4) is 0 Å². The predicted molar refractivity (Wildman–Crippen MR) is 69.1 cm³/mol. The van der Waals surface area contributed by atoms with Crippen LogP contribution in [0.2, 0.25) is 0 Å². The first-order valence-electron chi connectivity index (χ1n) is 5.60. The van der Waals surface area contributed by atoms with Crippen LogP contribution in [0, 0.1) is 17.0 Å². The fourth-order valence-electron chi connectivity index (χ4n) is 1.67. The third-order valence-electron chi connectivity index (χ3n) is 2.69. The minimum absolute atomic E-state index is 0.00985. The van der Waals surface area contributed by atoms with E-state index in [1.807, 2.05) is 0 Å². The van der Waals surface area contributed by atoms with Gasteiger partial charge in [0.25, 0.3) is 0 Å². The molecule has 0 saturated carbocycles. The molecular formula is C13H10N2O5. The maximum Gasteiger partial charge on any atom is 0.336 e. The van der Waals surface area contributed by atoms with Crippen LogP contribution in [0.25, 0.3) is 0 Å². The molecule has 7 nitrogen and oxygen atoms in total. The molecule has 1 N–H and O–H groups in total. The van der Waals surface area contributed by atoms with E-state index < -0.39 is 10.9 Å². The van der Waals surface area contributed by atoms with Gasteiger partial charge in [0.15, 0.2) is 0 Å². The van der Waals surface area contributed by atoms with Gasteiger partial charge in [-0.1, -0.05) is 6.07 Å². The summed E-state index contributed by atoms with van der Waals surface area (Å²) in [6.45, 7) is 1.58. The van der Waals surface area contributed by atoms with Crippen LogP contribution in [-0.2, 0) is 0 Å². The first-order valence-corrected chi connectivity index (χ1v) is 5.60. The third kappa shape index (κ3) is 2.56. The molecule has 1 aromatic heterocycles. The number of aromatic nitrogens is 1. The number of ether oxygens (including phenoxy) is 1. The van der Waals surface area contributed by atoms with Crippen molar-refractivity contribution in [1.29, 1.82) is 0 Å². The minimum Gasteiger partial charge on any atom is -0.478 e. The summed E-state index contributed by atoms with van der Waals surface area (Å²) in [5.41, 5.74) is 0.193. The van der Waals surface area contributed by atoms with Gasteiger partial charge in [-0.05, 0) is 19.1 Å². The number of carboxylic acids is 1. The molecule has 0 bridgehead atoms. The monoisotopic (exact) mass is 274 g/mol. The number of benzene rings is 1. The molecule has 7 heteroatoms. The lowest BCUT2D eigenvalue weighted by Crippen LogP contribution is -2.01. The van der Waals surface area contributed by atoms with Crippen LogP contribution in [0.5, 0.6) is 11.5 Å². The van der Waals surface area contributed by atoms with Crippen LogP contribution in [0.4, 0.5) is 5.69 Å². The molecule has 0 aliphatic heterocycles. The van der Waals surface area contributed by atoms with Crippen molar-refractivity contribution in [3.63, 3.8) is 0 Å². The lowest BCUT2D eigenvalue weighted by Gasteiger charge is -2.10. The Morgan fingerprint density at radius 2 is 2.10 bits per heavy atom. The van der Waals surface area contributed by atoms with E-state index in [1.54, 1.807) is 13.0 Å². The zero-order valence-electron chi connectivity index (χ0n) is 10.4. The Kier molecular flexibility index (Phi) is 3.60. The van der Waals surface area contributed by atoms with Gasteiger partial charge in [-0.2, -0.15) is 0 Å². The molecule has 0 fully saturated rings. The second-order valence-corrected chi connectivity index (χ2v) is 3.94. The van der Waals surface area contributed by atoms with Gasteiger partial charge >= 0.3 is 11.7 Å². The Bertz CT molecular complexity index is 684. The standard InChI is InChI=1S/C13H10N2O5/c1-8-9(13(16)17)3-2-4-11(8)20-12-5-6-14-7-10(12)15(18)19/h2-7H,1H3,(H,16,17). The summed E-state index contributed by atoms with van der Waals surface area (Å²) in [7, 11) is 0. The van der Waals surface area contributed by atoms with Gasteiger partial charge in [-0.3, -0.25) is 15.1 Å². The van der Waals surface area contributed by atoms with E-state index >= 15 is 0 Å². The molecule has 2 rings (SSSR count). The average Bonchev–Trinajstić information content (AvgIpc) is 2.41. The fraction of sp³-hybridized carbons (Fsp3) is 0.0769. The first-order chi connectivity index (χ1) is 9.50. The Morgan fingerprint density at radius 3 is 2.75 bits per heavy atom. The van der Waals surface area contributed by atoms with Gasteiger partial charge in [0, 0.05) is 17.8 Å². The highest BCUT2D eigenvalue weighted by Crippen LogP contribution is 2.32. The van der Waals surface area contributed by atoms with Crippen LogP contribution in [0.1, 0.15) is 15.9 Å². The van der Waals surface area contributed by atoms with Gasteiger partial charge < -0.3 is 9.84 Å². The number of aromatic carboxylic acids is 1. The smallest absolute Gasteiger partial charge is 0.336 e. The van der Waals surface area contributed by atoms with Crippen LogP contribution in [-0.4, -0.2) is 21.0 Å². The Morgan fingerprint density at radius 1 is 1.35 bits per heavy atom. The number of hydrogen-bond donors (Lipinski definition) is 1. The quantitative estimate of drug-likeness (QED) is 0.679. The van der Waals surface area contributed by atoms with Gasteiger partial charge in [-0.15, -0.1) is 0 Å². The van der Waals surface area contributed by atoms with Crippen molar-refractivity contribution in [3.05, 3.63) is 57.9 Å². The number of rotatable bonds is 4. The molecule has 0 atom stereocenters. The number of carboxylic acid groups (broad SMARTS) is 1. The van der Waals surface area contributed by atoms with E-state index in [-0.39, 0.29) is 22.7 Å². The Labute approximate surface area is 113 Å². The van der Waals surface area contributed by atoms with E-state index in [9.17, 15) is 14.9 Å². The highest BCUT2D eigenvalue weighted by molar-refractivity contribution is 5.90. The SMILES string of the molecule is Cc1c(Oc2ccncc2[N+](=O)[O-])cccc1C(=O)O. The largest absolute Gasteiger partial charge is 0.478 e. The van der Waals surface area contributed by atoms with E-state index in [1.165, 1.54) is 24.4 Å². The van der Waals surface area contributed by atoms with Crippen molar-refractivity contribution in [2.75, 3.05) is 0 Å². The summed E-state index contributed by atoms with van der Waals surface area (Å²) in [6, 6.07) is 5.85. The predicted octanol–water partition coefficient (Wildman–Crippen LogP) is 2.79. The third-order valence-corrected chi connectivity index (χ3v) is 2.69. The normalized spacial score (nSPS) is 10.1. The van der Waals surface area contributed by atoms with Crippen LogP contribution in [0.15, 0.2) is 36.7 Å². The summed E-state index contributed by atoms with van der Waals surface area (Å²) in [5, 5.41) is 19.9. The van der Waals surface area contributed by atoms with Crippen LogP contribution < -0.4 is 4.74 Å². The lowest BCUT2D eigenvalue weighted by atomic mass is 10.1. The molecule has 0 aliphatic rings. The number of pyridine rings is 1. The minimum atomic E-state index is -1.09. The van der Waals surface area contributed by atoms with Gasteiger partial charge in [-0.25, -0.2) is 4.79 Å². The van der Waals surface area contributed by atoms with E-state index in [4.69, 9.17) is 9.84 Å². The van der Waals surface area contributed by atoms with Crippen molar-refractivity contribution >= 4 is 11.7 Å². The molecule has 0 amide bonds. The molecule has 0 spiro atoms. The number of nitro groups is 1. The molecule has 0 aliphatic carbocycles. The van der Waals surface area contributed by atoms with Crippen molar-refractivity contribution < 1.29 is 19.6 Å². The Hall–Kier alpha value is -2.96. The van der Waals surface area contributed by atoms with Crippen molar-refractivity contribution in [1.82, 2.24) is 4.98 Å². The number of hydrogen-bond acceptors (Lipinski definition) is 5. The number of carbonyl (C=O) groups is 1. The van der Waals surface area contributed by atoms with E-state index in [0.717, 1.165) is 6.20 Å². The summed E-state index contributed by atoms with van der Waals surface area (Å²) >= 11 is 0. The molecular weight excluding hydrogens is 264 g/mol. The topological polar surface area (TPSA) is 103 Å². The fourth-order valence-corrected chi connectivity index (χ4v) is 1.67. The number of nitrogens with zero attached hydrogens (tertiary/aromatic N) is 2. The molecule has 2 aromatic rings. The van der Waals surface area contributed by atoms with Crippen molar-refractivity contribution in [3.8, 4) is 11.5 Å². The maximum atomic E-state index is 11.0. The molecule has 1 heterocycles. The second kappa shape index (κ2) is 5.35. The van der Waals surface area contributed by atoms with E-state index in [2.05, 4.69) is 4.98 Å². The summed E-state index contributed by atoms with van der Waals surface area (Å²) in [5.74, 6) is -0.827. The zero-order chi connectivity index (χ0) is 14.7. The van der Waals surface area contributed by atoms with Crippen molar-refractivity contribution in [2.45, 2.75) is 6.92 Å². The zero-order valence-corrected chi connectivity index (χ0v) is 10.4. The molecule has 0 saturated heterocycles. The van der Waals surface area contributed by atoms with Crippen molar-refractivity contribution in [2.24, 2.45) is 0 Å². The maximum absolute atomic E-state index is 11.0. The average molecular weight is 274 g/mol. The molecule has 102 valence electrons. The highest BCUT2D eigenvalue weighted by Gasteiger charge is 2.18. The molecule has 0 radical (unpaired) electrons. The molecule has 20 heavy (non-hydrogen) atoms. The first kappa shape index (κ1) is 13.5. The molecule has 0 unspecified atom stereocenters. The highest BCUT2D eigenvalue weighted by atomic mass is 16.6. The molecule has 1 aromatic carbocycles. The summed E-state index contributed by atoms with van der Waals surface area (Å²) < 4.78 is 5.45. The lowest BCUT2D eigenvalue weighted by molar-refractivity contribution is -0.386. The van der Waals surface area contributed by atoms with Crippen LogP contribution >= 0.6 is 0 Å².